The van der Waals surface area contributed by atoms with Crippen molar-refractivity contribution in [1.82, 2.24) is 29.7 Å². The third kappa shape index (κ3) is 6.21. The molecule has 11 nitrogen and oxygen atoms in total. The maximum Gasteiger partial charge on any atom is 0.408 e. The zero-order valence-corrected chi connectivity index (χ0v) is 28.7. The molecule has 3 aromatic heterocycles. The first-order valence-corrected chi connectivity index (χ1v) is 16.9. The molecule has 0 spiro atoms. The van der Waals surface area contributed by atoms with Gasteiger partial charge in [-0.15, -0.1) is 0 Å². The van der Waals surface area contributed by atoms with Crippen molar-refractivity contribution in [2.75, 3.05) is 36.8 Å². The van der Waals surface area contributed by atoms with E-state index < -0.39 is 17.2 Å². The van der Waals surface area contributed by atoms with Crippen LogP contribution in [0.3, 0.4) is 0 Å². The second kappa shape index (κ2) is 12.7. The number of benzene rings is 2. The number of nitrogens with two attached hydrogens (primary N) is 1. The van der Waals surface area contributed by atoms with Gasteiger partial charge in [0.05, 0.1) is 22.5 Å². The number of hydrogen-bond acceptors (Lipinski definition) is 8. The Balaban J connectivity index is 1.28. The minimum atomic E-state index is -0.603. The molecular weight excluding hydrogens is 635 g/mol. The van der Waals surface area contributed by atoms with E-state index in [1.165, 1.54) is 0 Å². The Hall–Kier alpha value is -5.52. The minimum Gasteiger partial charge on any atom is -0.444 e. The van der Waals surface area contributed by atoms with Gasteiger partial charge >= 0.3 is 6.09 Å². The number of hydrogen-bond donors (Lipinski definition) is 2. The first-order valence-electron chi connectivity index (χ1n) is 16.9. The monoisotopic (exact) mass is 676 g/mol. The van der Waals surface area contributed by atoms with Crippen molar-refractivity contribution in [2.45, 2.75) is 58.1 Å². The normalized spacial score (nSPS) is 15.9. The van der Waals surface area contributed by atoms with Crippen LogP contribution in [0, 0.1) is 5.82 Å². The fourth-order valence-corrected chi connectivity index (χ4v) is 6.81. The van der Waals surface area contributed by atoms with E-state index in [-0.39, 0.29) is 11.7 Å². The van der Waals surface area contributed by atoms with Crippen LogP contribution in [0.2, 0.25) is 0 Å². The Kier molecular flexibility index (Phi) is 8.41. The van der Waals surface area contributed by atoms with Gasteiger partial charge in [0.25, 0.3) is 0 Å². The number of imidazole rings is 1. The van der Waals surface area contributed by atoms with Gasteiger partial charge in [0.1, 0.15) is 16.9 Å². The number of amides is 2. The van der Waals surface area contributed by atoms with Crippen LogP contribution in [0.1, 0.15) is 52.5 Å². The van der Waals surface area contributed by atoms with E-state index in [4.69, 9.17) is 20.4 Å². The molecule has 5 aromatic rings. The molecule has 4 heterocycles. The standard InChI is InChI=1S/C38H41FN8O3/c1-24(48)45-20-22-46(23-21-45)31-10-5-8-27(32(31)39)29-15-16-30-35(42-29)47(34(43-30)28-9-6-19-41-33(28)40)26-13-11-25(12-14-26)38(17-7-18-38)44-36(49)50-37(2,3)4/h5-6,8-16,19H,7,17-18,20-23H2,1-4H3,(H2,40,41)(H,44,49). The molecule has 2 amide bonds. The summed E-state index contributed by atoms with van der Waals surface area (Å²) in [4.78, 5) is 42.6. The third-order valence-electron chi connectivity index (χ3n) is 9.53. The summed E-state index contributed by atoms with van der Waals surface area (Å²) in [6.07, 6.45) is 3.79. The average Bonchev–Trinajstić information content (AvgIpc) is 3.44. The smallest absolute Gasteiger partial charge is 0.408 e. The zero-order valence-electron chi connectivity index (χ0n) is 28.7. The van der Waals surface area contributed by atoms with E-state index in [1.807, 2.05) is 72.7 Å². The molecule has 1 aliphatic carbocycles. The lowest BCUT2D eigenvalue weighted by molar-refractivity contribution is -0.129. The molecule has 1 saturated heterocycles. The zero-order chi connectivity index (χ0) is 35.2. The maximum absolute atomic E-state index is 16.3. The summed E-state index contributed by atoms with van der Waals surface area (Å²) in [6.45, 7) is 9.26. The first-order chi connectivity index (χ1) is 23.9. The number of alkyl carbamates (subject to hydrolysis) is 1. The van der Waals surface area contributed by atoms with Gasteiger partial charge in [0.15, 0.2) is 17.3 Å². The van der Waals surface area contributed by atoms with Crippen LogP contribution >= 0.6 is 0 Å². The van der Waals surface area contributed by atoms with Crippen LogP contribution in [-0.4, -0.2) is 68.2 Å². The van der Waals surface area contributed by atoms with Crippen molar-refractivity contribution < 1.29 is 18.7 Å². The van der Waals surface area contributed by atoms with Crippen molar-refractivity contribution in [3.8, 4) is 28.3 Å². The summed E-state index contributed by atoms with van der Waals surface area (Å²) in [5, 5.41) is 3.12. The van der Waals surface area contributed by atoms with Gasteiger partial charge in [-0.05, 0) is 94.1 Å². The lowest BCUT2D eigenvalue weighted by Gasteiger charge is -2.43. The molecule has 1 saturated carbocycles. The average molecular weight is 677 g/mol. The highest BCUT2D eigenvalue weighted by molar-refractivity contribution is 5.85. The molecule has 3 N–H and O–H groups in total. The van der Waals surface area contributed by atoms with Gasteiger partial charge in [-0.25, -0.2) is 24.1 Å². The van der Waals surface area contributed by atoms with E-state index in [2.05, 4.69) is 10.3 Å². The number of carbonyl (C=O) groups is 2. The summed E-state index contributed by atoms with van der Waals surface area (Å²) in [6, 6.07) is 20.6. The number of piperazine rings is 1. The summed E-state index contributed by atoms with van der Waals surface area (Å²) in [7, 11) is 0. The second-order valence-electron chi connectivity index (χ2n) is 14.0. The van der Waals surface area contributed by atoms with E-state index >= 15 is 4.39 Å². The number of nitrogens with zero attached hydrogens (tertiary/aromatic N) is 6. The van der Waals surface area contributed by atoms with Crippen LogP contribution in [-0.2, 0) is 15.1 Å². The lowest BCUT2D eigenvalue weighted by Crippen LogP contribution is -2.52. The number of halogens is 1. The van der Waals surface area contributed by atoms with Crippen molar-refractivity contribution in [1.29, 1.82) is 0 Å². The fraction of sp³-hybridized carbons (Fsp3) is 0.342. The topological polar surface area (TPSA) is 132 Å². The van der Waals surface area contributed by atoms with Crippen LogP contribution in [0.25, 0.3) is 39.5 Å². The third-order valence-corrected chi connectivity index (χ3v) is 9.53. The number of rotatable bonds is 6. The molecule has 2 fully saturated rings. The summed E-state index contributed by atoms with van der Waals surface area (Å²) < 4.78 is 23.8. The Morgan fingerprint density at radius 1 is 0.920 bits per heavy atom. The highest BCUT2D eigenvalue weighted by Crippen LogP contribution is 2.42. The highest BCUT2D eigenvalue weighted by atomic mass is 19.1. The quantitative estimate of drug-likeness (QED) is 0.210. The van der Waals surface area contributed by atoms with Gasteiger partial charge in [-0.2, -0.15) is 0 Å². The van der Waals surface area contributed by atoms with Crippen LogP contribution in [0.5, 0.6) is 0 Å². The van der Waals surface area contributed by atoms with Crippen molar-refractivity contribution in [2.24, 2.45) is 0 Å². The molecule has 0 atom stereocenters. The molecule has 12 heteroatoms. The molecule has 0 bridgehead atoms. The van der Waals surface area contributed by atoms with Crippen molar-refractivity contribution >= 4 is 34.7 Å². The number of ether oxygens (including phenoxy) is 1. The molecule has 1 aliphatic heterocycles. The van der Waals surface area contributed by atoms with Gasteiger partial charge in [-0.1, -0.05) is 18.2 Å². The van der Waals surface area contributed by atoms with Gasteiger partial charge in [0.2, 0.25) is 5.91 Å². The van der Waals surface area contributed by atoms with Crippen molar-refractivity contribution in [3.63, 3.8) is 0 Å². The molecule has 50 heavy (non-hydrogen) atoms. The Bertz CT molecular complexity index is 2080. The van der Waals surface area contributed by atoms with E-state index in [0.29, 0.717) is 71.5 Å². The first kappa shape index (κ1) is 33.0. The summed E-state index contributed by atoms with van der Waals surface area (Å²) >= 11 is 0. The van der Waals surface area contributed by atoms with Crippen molar-refractivity contribution in [3.05, 3.63) is 84.3 Å². The van der Waals surface area contributed by atoms with Crippen LogP contribution in [0.15, 0.2) is 72.9 Å². The number of aromatic nitrogens is 4. The number of pyridine rings is 2. The molecule has 7 rings (SSSR count). The van der Waals surface area contributed by atoms with Crippen LogP contribution in [0.4, 0.5) is 20.7 Å². The van der Waals surface area contributed by atoms with E-state index in [9.17, 15) is 9.59 Å². The lowest BCUT2D eigenvalue weighted by atomic mass is 9.72. The molecule has 0 unspecified atom stereocenters. The molecule has 0 radical (unpaired) electrons. The van der Waals surface area contributed by atoms with E-state index in [0.717, 1.165) is 30.5 Å². The van der Waals surface area contributed by atoms with Crippen LogP contribution < -0.4 is 16.0 Å². The van der Waals surface area contributed by atoms with Gasteiger partial charge < -0.3 is 25.6 Å². The number of anilines is 2. The molecule has 258 valence electrons. The minimum absolute atomic E-state index is 0.0232. The fourth-order valence-electron chi connectivity index (χ4n) is 6.81. The summed E-state index contributed by atoms with van der Waals surface area (Å²) in [5.41, 5.74) is 10.1. The predicted octanol–water partition coefficient (Wildman–Crippen LogP) is 6.44. The SMILES string of the molecule is CC(=O)N1CCN(c2cccc(-c3ccc4nc(-c5cccnc5N)n(-c5ccc(C6(NC(=O)OC(C)(C)C)CCC6)cc5)c4n3)c2F)CC1. The van der Waals surface area contributed by atoms with E-state index in [1.54, 1.807) is 42.3 Å². The maximum atomic E-state index is 16.3. The Morgan fingerprint density at radius 3 is 2.28 bits per heavy atom. The second-order valence-corrected chi connectivity index (χ2v) is 14.0. The Morgan fingerprint density at radius 2 is 1.64 bits per heavy atom. The molecule has 2 aliphatic rings. The van der Waals surface area contributed by atoms with Gasteiger partial charge in [0, 0.05) is 50.6 Å². The summed E-state index contributed by atoms with van der Waals surface area (Å²) in [5.74, 6) is 0.520. The number of carbonyl (C=O) groups excluding carboxylic acids is 2. The number of nitrogens with one attached hydrogen (secondary N) is 1. The Labute approximate surface area is 290 Å². The molecule has 2 aromatic carbocycles. The number of fused-ring (bicyclic) bond motifs is 1. The van der Waals surface area contributed by atoms with Gasteiger partial charge in [-0.3, -0.25) is 9.36 Å². The largest absolute Gasteiger partial charge is 0.444 e. The highest BCUT2D eigenvalue weighted by Gasteiger charge is 2.41. The molecular formula is C38H41FN8O3. The number of nitrogen functional groups attached to an aromatic ring is 1. The predicted molar refractivity (Wildman–Crippen MR) is 191 cm³/mol.